The Morgan fingerprint density at radius 2 is 1.86 bits per heavy atom. The van der Waals surface area contributed by atoms with Crippen LogP contribution >= 0.6 is 0 Å². The lowest BCUT2D eigenvalue weighted by Gasteiger charge is -2.41. The Labute approximate surface area is 171 Å². The highest BCUT2D eigenvalue weighted by atomic mass is 19.1. The Kier molecular flexibility index (Phi) is 5.59. The smallest absolute Gasteiger partial charge is 0.126 e. The van der Waals surface area contributed by atoms with E-state index in [0.717, 1.165) is 67.8 Å². The van der Waals surface area contributed by atoms with Gasteiger partial charge in [-0.15, -0.1) is 0 Å². The van der Waals surface area contributed by atoms with Gasteiger partial charge in [-0.3, -0.25) is 4.90 Å². The highest BCUT2D eigenvalue weighted by molar-refractivity contribution is 5.75. The number of piperidine rings is 1. The summed E-state index contributed by atoms with van der Waals surface area (Å²) in [4.78, 5) is 4.57. The highest BCUT2D eigenvalue weighted by Crippen LogP contribution is 2.39. The van der Waals surface area contributed by atoms with Gasteiger partial charge in [-0.1, -0.05) is 24.8 Å². The van der Waals surface area contributed by atoms with Gasteiger partial charge in [0.25, 0.3) is 0 Å². The van der Waals surface area contributed by atoms with Crippen LogP contribution < -0.4 is 10.6 Å². The second-order valence-electron chi connectivity index (χ2n) is 8.40. The molecule has 2 aromatic carbocycles. The summed E-state index contributed by atoms with van der Waals surface area (Å²) in [5.74, 6) is -0.109. The lowest BCUT2D eigenvalue weighted by molar-refractivity contribution is 0.224. The number of benzene rings is 2. The van der Waals surface area contributed by atoms with Crippen molar-refractivity contribution >= 4 is 11.4 Å². The molecule has 0 saturated carbocycles. The molecule has 0 bridgehead atoms. The average molecular weight is 398 g/mol. The van der Waals surface area contributed by atoms with Crippen LogP contribution in [0.4, 0.5) is 20.2 Å². The summed E-state index contributed by atoms with van der Waals surface area (Å²) in [7, 11) is 0. The Balaban J connectivity index is 1.44. The first kappa shape index (κ1) is 19.9. The zero-order valence-corrected chi connectivity index (χ0v) is 17.0. The maximum atomic E-state index is 14.1. The second-order valence-corrected chi connectivity index (χ2v) is 8.40. The molecular weight excluding hydrogens is 368 g/mol. The normalized spacial score (nSPS) is 20.5. The molecule has 0 amide bonds. The van der Waals surface area contributed by atoms with Gasteiger partial charge in [0.15, 0.2) is 0 Å². The Hall–Kier alpha value is -2.40. The van der Waals surface area contributed by atoms with E-state index in [-0.39, 0.29) is 23.6 Å². The van der Waals surface area contributed by atoms with Gasteiger partial charge in [0, 0.05) is 18.3 Å². The number of nitrogens with zero attached hydrogens (tertiary/aromatic N) is 2. The first-order valence-corrected chi connectivity index (χ1v) is 10.5. The highest BCUT2D eigenvalue weighted by Gasteiger charge is 2.29. The van der Waals surface area contributed by atoms with E-state index in [1.165, 1.54) is 6.07 Å². The molecule has 2 N–H and O–H groups in total. The van der Waals surface area contributed by atoms with Gasteiger partial charge in [0.2, 0.25) is 0 Å². The van der Waals surface area contributed by atoms with Crippen molar-refractivity contribution in [2.24, 2.45) is 0 Å². The van der Waals surface area contributed by atoms with Gasteiger partial charge >= 0.3 is 0 Å². The largest absolute Gasteiger partial charge is 0.397 e. The molecule has 1 fully saturated rings. The lowest BCUT2D eigenvalue weighted by atomic mass is 9.89. The van der Waals surface area contributed by atoms with Gasteiger partial charge in [-0.05, 0) is 80.9 Å². The maximum Gasteiger partial charge on any atom is 0.126 e. The topological polar surface area (TPSA) is 32.5 Å². The molecule has 0 radical (unpaired) electrons. The second kappa shape index (κ2) is 8.15. The van der Waals surface area contributed by atoms with Gasteiger partial charge in [0.05, 0.1) is 11.4 Å². The summed E-state index contributed by atoms with van der Waals surface area (Å²) in [5, 5.41) is 0. The van der Waals surface area contributed by atoms with Crippen molar-refractivity contribution in [3.8, 4) is 0 Å². The van der Waals surface area contributed by atoms with E-state index in [4.69, 9.17) is 5.73 Å². The van der Waals surface area contributed by atoms with Crippen LogP contribution in [0, 0.1) is 11.6 Å². The van der Waals surface area contributed by atoms with Gasteiger partial charge in [0.1, 0.15) is 11.6 Å². The molecular formula is C24H29F2N3. The van der Waals surface area contributed by atoms with Crippen LogP contribution in [0.15, 0.2) is 48.7 Å². The van der Waals surface area contributed by atoms with Crippen LogP contribution in [0.25, 0.3) is 0 Å². The SMILES string of the molecule is C=C(CN1CCC(c2ccccc2F)CC1)N1c2c(N)cc(F)cc2CCC1C. The number of nitrogens with two attached hydrogens (primary N) is 1. The van der Waals surface area contributed by atoms with E-state index in [0.29, 0.717) is 5.69 Å². The average Bonchev–Trinajstić information content (AvgIpc) is 2.69. The summed E-state index contributed by atoms with van der Waals surface area (Å²) in [6.07, 6.45) is 3.65. The van der Waals surface area contributed by atoms with Gasteiger partial charge < -0.3 is 10.6 Å². The number of anilines is 2. The number of halogens is 2. The fourth-order valence-electron chi connectivity index (χ4n) is 4.89. The minimum absolute atomic E-state index is 0.100. The van der Waals surface area contributed by atoms with E-state index >= 15 is 0 Å². The third-order valence-electron chi connectivity index (χ3n) is 6.38. The molecule has 2 heterocycles. The van der Waals surface area contributed by atoms with Gasteiger partial charge in [-0.2, -0.15) is 0 Å². The number of nitrogen functional groups attached to an aromatic ring is 1. The number of fused-ring (bicyclic) bond motifs is 1. The van der Waals surface area contributed by atoms with E-state index in [1.54, 1.807) is 18.2 Å². The molecule has 154 valence electrons. The van der Waals surface area contributed by atoms with Gasteiger partial charge in [-0.25, -0.2) is 8.78 Å². The van der Waals surface area contributed by atoms with E-state index in [9.17, 15) is 8.78 Å². The van der Waals surface area contributed by atoms with E-state index in [1.807, 2.05) is 12.1 Å². The third-order valence-corrected chi connectivity index (χ3v) is 6.38. The summed E-state index contributed by atoms with van der Waals surface area (Å²) >= 11 is 0. The van der Waals surface area contributed by atoms with Crippen molar-refractivity contribution in [1.82, 2.24) is 4.90 Å². The standard InChI is InChI=1S/C24H29F2N3/c1-16-7-8-19-13-20(25)14-23(27)24(19)29(16)17(2)15-28-11-9-18(10-12-28)21-5-3-4-6-22(21)26/h3-6,13-14,16,18H,2,7-12,15,27H2,1H3. The van der Waals surface area contributed by atoms with Crippen LogP contribution in [0.5, 0.6) is 0 Å². The van der Waals surface area contributed by atoms with Crippen molar-refractivity contribution in [1.29, 1.82) is 0 Å². The number of aryl methyl sites for hydroxylation is 1. The van der Waals surface area contributed by atoms with Crippen LogP contribution in [-0.2, 0) is 6.42 Å². The fraction of sp³-hybridized carbons (Fsp3) is 0.417. The fourth-order valence-corrected chi connectivity index (χ4v) is 4.89. The van der Waals surface area contributed by atoms with Crippen LogP contribution in [-0.4, -0.2) is 30.6 Å². The molecule has 0 aliphatic carbocycles. The predicted molar refractivity (Wildman–Crippen MR) is 115 cm³/mol. The van der Waals surface area contributed by atoms with Crippen molar-refractivity contribution in [3.05, 3.63) is 71.4 Å². The molecule has 4 rings (SSSR count). The minimum Gasteiger partial charge on any atom is -0.397 e. The summed E-state index contributed by atoms with van der Waals surface area (Å²) in [5.41, 5.74) is 10.4. The minimum atomic E-state index is -0.281. The molecule has 1 atom stereocenters. The van der Waals surface area contributed by atoms with Crippen molar-refractivity contribution < 1.29 is 8.78 Å². The zero-order valence-electron chi connectivity index (χ0n) is 17.0. The molecule has 1 saturated heterocycles. The number of rotatable bonds is 4. The Morgan fingerprint density at radius 3 is 2.59 bits per heavy atom. The quantitative estimate of drug-likeness (QED) is 0.730. The molecule has 2 aliphatic heterocycles. The van der Waals surface area contributed by atoms with Crippen molar-refractivity contribution in [2.45, 2.75) is 44.6 Å². The Morgan fingerprint density at radius 1 is 1.14 bits per heavy atom. The molecule has 29 heavy (non-hydrogen) atoms. The van der Waals surface area contributed by atoms with Crippen LogP contribution in [0.2, 0.25) is 0 Å². The van der Waals surface area contributed by atoms with E-state index < -0.39 is 0 Å². The molecule has 0 spiro atoms. The summed E-state index contributed by atoms with van der Waals surface area (Å²) in [6, 6.07) is 10.4. The van der Waals surface area contributed by atoms with Crippen LogP contribution in [0.3, 0.4) is 0 Å². The number of hydrogen-bond acceptors (Lipinski definition) is 3. The summed E-state index contributed by atoms with van der Waals surface area (Å²) < 4.78 is 27.9. The van der Waals surface area contributed by atoms with Crippen molar-refractivity contribution in [2.75, 3.05) is 30.3 Å². The van der Waals surface area contributed by atoms with Crippen molar-refractivity contribution in [3.63, 3.8) is 0 Å². The molecule has 2 aliphatic rings. The predicted octanol–water partition coefficient (Wildman–Crippen LogP) is 5.08. The molecule has 5 heteroatoms. The van der Waals surface area contributed by atoms with E-state index in [2.05, 4.69) is 23.3 Å². The zero-order chi connectivity index (χ0) is 20.5. The monoisotopic (exact) mass is 397 g/mol. The first-order chi connectivity index (χ1) is 13.9. The first-order valence-electron chi connectivity index (χ1n) is 10.5. The maximum absolute atomic E-state index is 14.1. The molecule has 3 nitrogen and oxygen atoms in total. The van der Waals surface area contributed by atoms with Crippen LogP contribution in [0.1, 0.15) is 43.2 Å². The molecule has 1 unspecified atom stereocenters. The third kappa shape index (κ3) is 4.01. The molecule has 2 aromatic rings. The number of likely N-dealkylation sites (tertiary alicyclic amines) is 1. The summed E-state index contributed by atoms with van der Waals surface area (Å²) in [6.45, 7) is 9.08. The lowest BCUT2D eigenvalue weighted by Crippen LogP contribution is -2.42. The Bertz CT molecular complexity index is 903. The number of hydrogen-bond donors (Lipinski definition) is 1. The molecule has 0 aromatic heterocycles.